The van der Waals surface area contributed by atoms with Crippen LogP contribution in [-0.2, 0) is 14.8 Å². The molecule has 7 nitrogen and oxygen atoms in total. The van der Waals surface area contributed by atoms with E-state index in [4.69, 9.17) is 0 Å². The number of carbonyl (C=O) groups excluding carboxylic acids is 1. The quantitative estimate of drug-likeness (QED) is 0.360. The Morgan fingerprint density at radius 3 is 1.86 bits per heavy atom. The van der Waals surface area contributed by atoms with Crippen molar-refractivity contribution < 1.29 is 23.1 Å². The molecule has 0 fully saturated rings. The topological polar surface area (TPSA) is 113 Å². The molecule has 0 saturated carbocycles. The summed E-state index contributed by atoms with van der Waals surface area (Å²) >= 11 is 0. The lowest BCUT2D eigenvalue weighted by Crippen LogP contribution is -2.44. The van der Waals surface area contributed by atoms with Gasteiger partial charge in [0.15, 0.2) is 0 Å². The minimum atomic E-state index is -4.04. The third kappa shape index (κ3) is 5.69. The van der Waals surface area contributed by atoms with Crippen molar-refractivity contribution in [2.24, 2.45) is 5.92 Å². The predicted octanol–water partition coefficient (Wildman–Crippen LogP) is 5.54. The minimum Gasteiger partial charge on any atom is -0.480 e. The van der Waals surface area contributed by atoms with Gasteiger partial charge in [0, 0.05) is 11.1 Å². The third-order valence-electron chi connectivity index (χ3n) is 7.03. The number of rotatable bonds is 8. The van der Waals surface area contributed by atoms with Crippen molar-refractivity contribution in [3.63, 3.8) is 0 Å². The average Bonchev–Trinajstić information content (AvgIpc) is 2.84. The fraction of sp³-hybridized carbons (Fsp3) is 0.310. The van der Waals surface area contributed by atoms with Crippen LogP contribution in [-0.4, -0.2) is 31.4 Å². The first-order valence-electron chi connectivity index (χ1n) is 12.1. The van der Waals surface area contributed by atoms with Gasteiger partial charge in [-0.25, -0.2) is 13.2 Å². The SMILES string of the molecule is Cc1c(C)c(C)c(S(=O)(=O)Nc2cc(C(=O)NC(C(=O)O)C(C)C)ccc2-c2ccccc2)c(C)c1C. The van der Waals surface area contributed by atoms with Crippen molar-refractivity contribution >= 4 is 27.6 Å². The lowest BCUT2D eigenvalue weighted by Gasteiger charge is -2.21. The first-order chi connectivity index (χ1) is 17.3. The van der Waals surface area contributed by atoms with Crippen LogP contribution in [0.5, 0.6) is 0 Å². The van der Waals surface area contributed by atoms with E-state index in [-0.39, 0.29) is 22.1 Å². The van der Waals surface area contributed by atoms with Crippen LogP contribution in [0.4, 0.5) is 5.69 Å². The molecule has 0 aliphatic rings. The summed E-state index contributed by atoms with van der Waals surface area (Å²) in [5.41, 5.74) is 5.95. The molecule has 0 aromatic heterocycles. The van der Waals surface area contributed by atoms with Crippen molar-refractivity contribution in [1.29, 1.82) is 0 Å². The molecule has 3 aromatic rings. The van der Waals surface area contributed by atoms with E-state index in [0.29, 0.717) is 16.7 Å². The van der Waals surface area contributed by atoms with Crippen LogP contribution < -0.4 is 10.0 Å². The zero-order chi connectivity index (χ0) is 27.7. The summed E-state index contributed by atoms with van der Waals surface area (Å²) in [6, 6.07) is 12.8. The van der Waals surface area contributed by atoms with E-state index < -0.39 is 27.9 Å². The molecule has 0 aliphatic heterocycles. The maximum Gasteiger partial charge on any atom is 0.326 e. The summed E-state index contributed by atoms with van der Waals surface area (Å²) in [7, 11) is -4.04. The smallest absolute Gasteiger partial charge is 0.326 e. The van der Waals surface area contributed by atoms with Crippen LogP contribution in [0, 0.1) is 40.5 Å². The molecule has 1 unspecified atom stereocenters. The Kier molecular flexibility index (Phi) is 8.12. The fourth-order valence-electron chi connectivity index (χ4n) is 4.44. The Hall–Kier alpha value is -3.65. The van der Waals surface area contributed by atoms with Gasteiger partial charge in [-0.2, -0.15) is 0 Å². The van der Waals surface area contributed by atoms with Gasteiger partial charge in [-0.05, 0) is 86.1 Å². The van der Waals surface area contributed by atoms with E-state index in [9.17, 15) is 23.1 Å². The van der Waals surface area contributed by atoms with Crippen LogP contribution in [0.25, 0.3) is 11.1 Å². The molecule has 0 aliphatic carbocycles. The van der Waals surface area contributed by atoms with Crippen LogP contribution in [0.2, 0.25) is 0 Å². The van der Waals surface area contributed by atoms with Crippen molar-refractivity contribution in [3.8, 4) is 11.1 Å². The molecule has 0 radical (unpaired) electrons. The number of hydrogen-bond acceptors (Lipinski definition) is 4. The average molecular weight is 523 g/mol. The monoisotopic (exact) mass is 522 g/mol. The standard InChI is InChI=1S/C29H34N2O5S/c1-16(2)26(29(33)34)30-28(32)23-13-14-24(22-11-9-8-10-12-22)25(15-23)31-37(35,36)27-20(6)18(4)17(3)19(5)21(27)7/h8-16,26,31H,1-7H3,(H,30,32)(H,33,34). The molecule has 0 spiro atoms. The van der Waals surface area contributed by atoms with Crippen molar-refractivity contribution in [3.05, 3.63) is 81.9 Å². The molecule has 0 heterocycles. The first-order valence-corrected chi connectivity index (χ1v) is 13.6. The Morgan fingerprint density at radius 2 is 1.35 bits per heavy atom. The van der Waals surface area contributed by atoms with E-state index >= 15 is 0 Å². The zero-order valence-corrected chi connectivity index (χ0v) is 23.1. The lowest BCUT2D eigenvalue weighted by atomic mass is 9.95. The second kappa shape index (κ2) is 10.8. The Labute approximate surface area is 219 Å². The van der Waals surface area contributed by atoms with Gasteiger partial charge in [-0.1, -0.05) is 50.2 Å². The summed E-state index contributed by atoms with van der Waals surface area (Å²) in [6.45, 7) is 12.8. The molecule has 0 bridgehead atoms. The van der Waals surface area contributed by atoms with E-state index in [1.807, 2.05) is 51.1 Å². The molecule has 3 N–H and O–H groups in total. The van der Waals surface area contributed by atoms with Gasteiger partial charge < -0.3 is 10.4 Å². The summed E-state index contributed by atoms with van der Waals surface area (Å²) < 4.78 is 30.3. The maximum absolute atomic E-state index is 13.8. The summed E-state index contributed by atoms with van der Waals surface area (Å²) in [6.07, 6.45) is 0. The molecule has 8 heteroatoms. The maximum atomic E-state index is 13.8. The zero-order valence-electron chi connectivity index (χ0n) is 22.3. The first kappa shape index (κ1) is 27.9. The van der Waals surface area contributed by atoms with Crippen LogP contribution >= 0.6 is 0 Å². The number of sulfonamides is 1. The highest BCUT2D eigenvalue weighted by molar-refractivity contribution is 7.92. The Bertz CT molecular complexity index is 1430. The summed E-state index contributed by atoms with van der Waals surface area (Å²) in [4.78, 5) is 24.8. The number of benzene rings is 3. The van der Waals surface area contributed by atoms with Crippen LogP contribution in [0.15, 0.2) is 53.4 Å². The van der Waals surface area contributed by atoms with Crippen LogP contribution in [0.3, 0.4) is 0 Å². The number of carbonyl (C=O) groups is 2. The molecule has 3 aromatic carbocycles. The molecular weight excluding hydrogens is 488 g/mol. The van der Waals surface area contributed by atoms with Gasteiger partial charge in [-0.3, -0.25) is 9.52 Å². The summed E-state index contributed by atoms with van der Waals surface area (Å²) in [5.74, 6) is -2.07. The van der Waals surface area contributed by atoms with E-state index in [1.165, 1.54) is 6.07 Å². The van der Waals surface area contributed by atoms with Crippen LogP contribution in [0.1, 0.15) is 52.0 Å². The molecule has 1 amide bonds. The van der Waals surface area contributed by atoms with Crippen molar-refractivity contribution in [2.45, 2.75) is 59.4 Å². The number of aliphatic carboxylic acids is 1. The summed E-state index contributed by atoms with van der Waals surface area (Å²) in [5, 5.41) is 12.0. The Morgan fingerprint density at radius 1 is 0.811 bits per heavy atom. The molecule has 196 valence electrons. The third-order valence-corrected chi connectivity index (χ3v) is 8.67. The van der Waals surface area contributed by atoms with Gasteiger partial charge in [0.25, 0.3) is 15.9 Å². The second-order valence-electron chi connectivity index (χ2n) is 9.72. The second-order valence-corrected chi connectivity index (χ2v) is 11.3. The van der Waals surface area contributed by atoms with Gasteiger partial charge in [-0.15, -0.1) is 0 Å². The number of amides is 1. The molecule has 37 heavy (non-hydrogen) atoms. The number of carboxylic acid groups (broad SMARTS) is 1. The van der Waals surface area contributed by atoms with Gasteiger partial charge in [0.1, 0.15) is 6.04 Å². The predicted molar refractivity (Wildman–Crippen MR) is 147 cm³/mol. The minimum absolute atomic E-state index is 0.147. The van der Waals surface area contributed by atoms with Crippen molar-refractivity contribution in [2.75, 3.05) is 4.72 Å². The molecular formula is C29H34N2O5S. The molecule has 3 rings (SSSR count). The highest BCUT2D eigenvalue weighted by Crippen LogP contribution is 2.34. The number of nitrogens with one attached hydrogen (secondary N) is 2. The highest BCUT2D eigenvalue weighted by atomic mass is 32.2. The van der Waals surface area contributed by atoms with E-state index in [0.717, 1.165) is 22.3 Å². The number of hydrogen-bond donors (Lipinski definition) is 3. The molecule has 1 atom stereocenters. The highest BCUT2D eigenvalue weighted by Gasteiger charge is 2.27. The number of anilines is 1. The number of carboxylic acids is 1. The van der Waals surface area contributed by atoms with Gasteiger partial charge in [0.2, 0.25) is 0 Å². The van der Waals surface area contributed by atoms with Gasteiger partial charge >= 0.3 is 5.97 Å². The fourth-order valence-corrected chi connectivity index (χ4v) is 6.11. The largest absolute Gasteiger partial charge is 0.480 e. The van der Waals surface area contributed by atoms with E-state index in [2.05, 4.69) is 10.0 Å². The van der Waals surface area contributed by atoms with Crippen molar-refractivity contribution in [1.82, 2.24) is 5.32 Å². The molecule has 0 saturated heterocycles. The van der Waals surface area contributed by atoms with Gasteiger partial charge in [0.05, 0.1) is 10.6 Å². The van der Waals surface area contributed by atoms with E-state index in [1.54, 1.807) is 39.8 Å². The lowest BCUT2D eigenvalue weighted by molar-refractivity contribution is -0.140. The normalized spacial score (nSPS) is 12.3. The Balaban J connectivity index is 2.14.